The number of likely N-dealkylation sites (tertiary alicyclic amines) is 1. The van der Waals surface area contributed by atoms with E-state index in [4.69, 9.17) is 0 Å². The van der Waals surface area contributed by atoms with Crippen LogP contribution in [0.4, 0.5) is 5.69 Å². The van der Waals surface area contributed by atoms with Gasteiger partial charge in [0.2, 0.25) is 15.9 Å². The number of fused-ring (bicyclic) bond motifs is 1. The molecule has 3 aromatic rings. The molecule has 0 saturated carbocycles. The van der Waals surface area contributed by atoms with E-state index < -0.39 is 10.0 Å². The Morgan fingerprint density at radius 1 is 0.946 bits per heavy atom. The van der Waals surface area contributed by atoms with Crippen LogP contribution in [0.25, 0.3) is 5.52 Å². The lowest BCUT2D eigenvalue weighted by Crippen LogP contribution is -2.37. The number of hydrogen-bond acceptors (Lipinski definition) is 5. The van der Waals surface area contributed by atoms with E-state index in [1.54, 1.807) is 22.8 Å². The number of carbonyl (C=O) groups is 2. The van der Waals surface area contributed by atoms with Gasteiger partial charge in [0.05, 0.1) is 22.2 Å². The topological polar surface area (TPSA) is 104 Å². The predicted molar refractivity (Wildman–Crippen MR) is 141 cm³/mol. The van der Waals surface area contributed by atoms with E-state index >= 15 is 0 Å². The zero-order chi connectivity index (χ0) is 26.0. The number of piperidine rings is 1. The standard InChI is InChI=1S/C27H33N5O4S/c1-20(33)29-23-6-8-24(9-7-23)37(35,36)31-15-10-21(11-16-31)22-12-17-32-26(18-22)25(19-28-32)27(34)30-13-4-2-3-5-14-30/h6-9,12,17-19,21H,2-5,10-11,13-16H2,1H3,(H,29,33). The number of carbonyl (C=O) groups excluding carboxylic acids is 2. The molecule has 10 heteroatoms. The minimum atomic E-state index is -3.62. The molecule has 0 spiro atoms. The van der Waals surface area contributed by atoms with E-state index in [0.29, 0.717) is 37.2 Å². The van der Waals surface area contributed by atoms with Gasteiger partial charge in [0.15, 0.2) is 0 Å². The quantitative estimate of drug-likeness (QED) is 0.547. The van der Waals surface area contributed by atoms with Crippen molar-refractivity contribution in [1.29, 1.82) is 0 Å². The third-order valence-electron chi connectivity index (χ3n) is 7.41. The van der Waals surface area contributed by atoms with Crippen molar-refractivity contribution in [1.82, 2.24) is 18.8 Å². The molecule has 2 aliphatic heterocycles. The first-order valence-corrected chi connectivity index (χ1v) is 14.4. The number of nitrogens with one attached hydrogen (secondary N) is 1. The number of pyridine rings is 1. The van der Waals surface area contributed by atoms with Crippen LogP contribution in [0.2, 0.25) is 0 Å². The van der Waals surface area contributed by atoms with Crippen molar-refractivity contribution >= 4 is 33.0 Å². The molecule has 0 aliphatic carbocycles. The second kappa shape index (κ2) is 10.6. The van der Waals surface area contributed by atoms with Crippen molar-refractivity contribution in [2.45, 2.75) is 56.3 Å². The van der Waals surface area contributed by atoms with E-state index in [9.17, 15) is 18.0 Å². The molecule has 2 aromatic heterocycles. The fourth-order valence-electron chi connectivity index (χ4n) is 5.35. The number of amides is 2. The smallest absolute Gasteiger partial charge is 0.257 e. The number of sulfonamides is 1. The van der Waals surface area contributed by atoms with Gasteiger partial charge in [-0.15, -0.1) is 0 Å². The number of hydrogen-bond donors (Lipinski definition) is 1. The number of benzene rings is 1. The largest absolute Gasteiger partial charge is 0.339 e. The maximum atomic E-state index is 13.3. The Morgan fingerprint density at radius 2 is 1.62 bits per heavy atom. The highest BCUT2D eigenvalue weighted by molar-refractivity contribution is 7.89. The van der Waals surface area contributed by atoms with Crippen molar-refractivity contribution in [3.8, 4) is 0 Å². The first kappa shape index (κ1) is 25.4. The van der Waals surface area contributed by atoms with E-state index in [1.807, 2.05) is 23.2 Å². The Labute approximate surface area is 217 Å². The number of anilines is 1. The molecule has 2 aliphatic rings. The molecule has 1 aromatic carbocycles. The molecular formula is C27H33N5O4S. The lowest BCUT2D eigenvalue weighted by Gasteiger charge is -2.31. The Morgan fingerprint density at radius 3 is 2.27 bits per heavy atom. The molecule has 0 radical (unpaired) electrons. The summed E-state index contributed by atoms with van der Waals surface area (Å²) in [6, 6.07) is 10.3. The summed E-state index contributed by atoms with van der Waals surface area (Å²) in [6.07, 6.45) is 9.36. The van der Waals surface area contributed by atoms with Crippen LogP contribution < -0.4 is 5.32 Å². The van der Waals surface area contributed by atoms with Gasteiger partial charge in [0, 0.05) is 45.0 Å². The van der Waals surface area contributed by atoms with Crippen molar-refractivity contribution in [3.05, 3.63) is 59.9 Å². The molecule has 5 rings (SSSR count). The zero-order valence-corrected chi connectivity index (χ0v) is 21.9. The number of rotatable bonds is 5. The third-order valence-corrected chi connectivity index (χ3v) is 9.32. The molecule has 4 heterocycles. The number of nitrogens with zero attached hydrogens (tertiary/aromatic N) is 4. The first-order chi connectivity index (χ1) is 17.8. The van der Waals surface area contributed by atoms with Gasteiger partial charge in [-0.05, 0) is 73.6 Å². The number of aromatic nitrogens is 2. The Kier molecular flexibility index (Phi) is 7.30. The van der Waals surface area contributed by atoms with Crippen LogP contribution in [0.5, 0.6) is 0 Å². The maximum Gasteiger partial charge on any atom is 0.257 e. The van der Waals surface area contributed by atoms with Gasteiger partial charge in [-0.2, -0.15) is 9.40 Å². The highest BCUT2D eigenvalue weighted by Crippen LogP contribution is 2.32. The van der Waals surface area contributed by atoms with E-state index in [0.717, 1.165) is 37.0 Å². The van der Waals surface area contributed by atoms with Gasteiger partial charge in [-0.25, -0.2) is 12.9 Å². The molecule has 0 atom stereocenters. The molecule has 37 heavy (non-hydrogen) atoms. The van der Waals surface area contributed by atoms with Crippen LogP contribution in [0.1, 0.15) is 67.3 Å². The second-order valence-corrected chi connectivity index (χ2v) is 11.9. The van der Waals surface area contributed by atoms with Crippen LogP contribution in [0.15, 0.2) is 53.7 Å². The summed E-state index contributed by atoms with van der Waals surface area (Å²) >= 11 is 0. The van der Waals surface area contributed by atoms with E-state index in [1.165, 1.54) is 36.2 Å². The summed E-state index contributed by atoms with van der Waals surface area (Å²) in [4.78, 5) is 26.6. The molecule has 0 unspecified atom stereocenters. The predicted octanol–water partition coefficient (Wildman–Crippen LogP) is 3.88. The highest BCUT2D eigenvalue weighted by Gasteiger charge is 2.30. The second-order valence-electron chi connectivity index (χ2n) is 9.94. The summed E-state index contributed by atoms with van der Waals surface area (Å²) in [5, 5.41) is 7.06. The average molecular weight is 524 g/mol. The minimum Gasteiger partial charge on any atom is -0.339 e. The summed E-state index contributed by atoms with van der Waals surface area (Å²) < 4.78 is 29.6. The van der Waals surface area contributed by atoms with E-state index in [-0.39, 0.29) is 22.6 Å². The molecule has 9 nitrogen and oxygen atoms in total. The summed E-state index contributed by atoms with van der Waals surface area (Å²) in [7, 11) is -3.62. The van der Waals surface area contributed by atoms with Gasteiger partial charge < -0.3 is 10.2 Å². The van der Waals surface area contributed by atoms with Gasteiger partial charge in [0.1, 0.15) is 0 Å². The van der Waals surface area contributed by atoms with Gasteiger partial charge in [0.25, 0.3) is 5.91 Å². The monoisotopic (exact) mass is 523 g/mol. The molecule has 2 amide bonds. The zero-order valence-electron chi connectivity index (χ0n) is 21.1. The molecule has 2 fully saturated rings. The van der Waals surface area contributed by atoms with Gasteiger partial charge in [-0.3, -0.25) is 9.59 Å². The molecule has 2 saturated heterocycles. The minimum absolute atomic E-state index is 0.0412. The fraction of sp³-hybridized carbons (Fsp3) is 0.444. The average Bonchev–Trinajstić information content (AvgIpc) is 3.12. The van der Waals surface area contributed by atoms with Crippen LogP contribution in [-0.2, 0) is 14.8 Å². The summed E-state index contributed by atoms with van der Waals surface area (Å²) in [6.45, 7) is 3.83. The Balaban J connectivity index is 1.28. The van der Waals surface area contributed by atoms with Crippen molar-refractivity contribution in [2.75, 3.05) is 31.5 Å². The van der Waals surface area contributed by atoms with Crippen LogP contribution >= 0.6 is 0 Å². The molecule has 0 bridgehead atoms. The van der Waals surface area contributed by atoms with Gasteiger partial charge >= 0.3 is 0 Å². The molecule has 196 valence electrons. The lowest BCUT2D eigenvalue weighted by atomic mass is 9.90. The van der Waals surface area contributed by atoms with Crippen LogP contribution in [0, 0.1) is 0 Å². The van der Waals surface area contributed by atoms with Gasteiger partial charge in [-0.1, -0.05) is 12.8 Å². The van der Waals surface area contributed by atoms with E-state index in [2.05, 4.69) is 10.4 Å². The van der Waals surface area contributed by atoms with Crippen molar-refractivity contribution in [3.63, 3.8) is 0 Å². The highest BCUT2D eigenvalue weighted by atomic mass is 32.2. The third kappa shape index (κ3) is 5.40. The maximum absolute atomic E-state index is 13.3. The Bertz CT molecular complexity index is 1380. The lowest BCUT2D eigenvalue weighted by molar-refractivity contribution is -0.114. The fourth-order valence-corrected chi connectivity index (χ4v) is 6.82. The van der Waals surface area contributed by atoms with Crippen LogP contribution in [-0.4, -0.2) is 65.2 Å². The first-order valence-electron chi connectivity index (χ1n) is 13.0. The van der Waals surface area contributed by atoms with Crippen molar-refractivity contribution in [2.24, 2.45) is 0 Å². The van der Waals surface area contributed by atoms with Crippen LogP contribution in [0.3, 0.4) is 0 Å². The Hall–Kier alpha value is -3.24. The molecule has 1 N–H and O–H groups in total. The summed E-state index contributed by atoms with van der Waals surface area (Å²) in [5.41, 5.74) is 3.11. The normalized spacial score (nSPS) is 18.0. The summed E-state index contributed by atoms with van der Waals surface area (Å²) in [5.74, 6) is 0.0411. The molecular weight excluding hydrogens is 490 g/mol. The SMILES string of the molecule is CC(=O)Nc1ccc(S(=O)(=O)N2CCC(c3ccn4ncc(C(=O)N5CCCCCC5)c4c3)CC2)cc1. The van der Waals surface area contributed by atoms with Crippen molar-refractivity contribution < 1.29 is 18.0 Å².